The van der Waals surface area contributed by atoms with Crippen molar-refractivity contribution >= 4 is 6.29 Å². The van der Waals surface area contributed by atoms with Gasteiger partial charge in [0.05, 0.1) is 17.8 Å². The Hall–Kier alpha value is -1.16. The van der Waals surface area contributed by atoms with E-state index in [0.29, 0.717) is 11.6 Å². The van der Waals surface area contributed by atoms with Gasteiger partial charge in [0.1, 0.15) is 0 Å². The summed E-state index contributed by atoms with van der Waals surface area (Å²) in [5, 5.41) is 4.20. The number of hydrogen-bond donors (Lipinski definition) is 0. The molecule has 0 unspecified atom stereocenters. The number of nitrogens with zero attached hydrogens (tertiary/aromatic N) is 3. The fourth-order valence-corrected chi connectivity index (χ4v) is 1.87. The highest BCUT2D eigenvalue weighted by Crippen LogP contribution is 2.20. The largest absolute Gasteiger partial charge is 0.306 e. The van der Waals surface area contributed by atoms with Gasteiger partial charge in [-0.1, -0.05) is 7.43 Å². The number of hydrogen-bond acceptors (Lipinski definition) is 3. The third-order valence-corrected chi connectivity index (χ3v) is 2.82. The molecule has 0 spiro atoms. The quantitative estimate of drug-likeness (QED) is 0.694. The maximum Gasteiger partial charge on any atom is 0.153 e. The summed E-state index contributed by atoms with van der Waals surface area (Å²) in [4.78, 5) is 12.8. The van der Waals surface area contributed by atoms with Gasteiger partial charge in [-0.05, 0) is 33.0 Å². The second kappa shape index (κ2) is 5.07. The van der Waals surface area contributed by atoms with Crippen LogP contribution in [0.3, 0.4) is 0 Å². The van der Waals surface area contributed by atoms with Crippen LogP contribution in [-0.2, 0) is 0 Å². The predicted octanol–water partition coefficient (Wildman–Crippen LogP) is 1.60. The summed E-state index contributed by atoms with van der Waals surface area (Å²) in [5.74, 6) is 0. The monoisotopic (exact) mass is 209 g/mol. The van der Waals surface area contributed by atoms with E-state index in [9.17, 15) is 4.79 Å². The number of piperidine rings is 1. The van der Waals surface area contributed by atoms with Crippen LogP contribution in [0.15, 0.2) is 12.4 Å². The molecule has 0 aliphatic carbocycles. The minimum absolute atomic E-state index is 0. The Balaban J connectivity index is 0.00000112. The molecule has 4 heteroatoms. The van der Waals surface area contributed by atoms with Gasteiger partial charge in [-0.15, -0.1) is 0 Å². The molecule has 0 atom stereocenters. The average molecular weight is 209 g/mol. The van der Waals surface area contributed by atoms with E-state index < -0.39 is 0 Å². The second-order valence-corrected chi connectivity index (χ2v) is 3.91. The molecule has 1 aromatic rings. The van der Waals surface area contributed by atoms with Gasteiger partial charge >= 0.3 is 0 Å². The molecule has 1 saturated heterocycles. The third kappa shape index (κ3) is 2.65. The van der Waals surface area contributed by atoms with E-state index in [4.69, 9.17) is 0 Å². The molecule has 1 aliphatic rings. The van der Waals surface area contributed by atoms with E-state index in [1.54, 1.807) is 6.20 Å². The molecule has 0 radical (unpaired) electrons. The summed E-state index contributed by atoms with van der Waals surface area (Å²) >= 11 is 0. The van der Waals surface area contributed by atoms with E-state index >= 15 is 0 Å². The van der Waals surface area contributed by atoms with Crippen molar-refractivity contribution in [1.29, 1.82) is 0 Å². The van der Waals surface area contributed by atoms with Gasteiger partial charge < -0.3 is 4.90 Å². The highest BCUT2D eigenvalue weighted by Gasteiger charge is 2.18. The molecule has 2 heterocycles. The number of rotatable bonds is 2. The minimum Gasteiger partial charge on any atom is -0.306 e. The first-order valence-corrected chi connectivity index (χ1v) is 4.97. The molecule has 1 aliphatic heterocycles. The molecule has 0 saturated carbocycles. The maximum absolute atomic E-state index is 10.5. The Labute approximate surface area is 90.9 Å². The molecule has 0 amide bonds. The van der Waals surface area contributed by atoms with Crippen LogP contribution in [-0.4, -0.2) is 41.1 Å². The van der Waals surface area contributed by atoms with Crippen molar-refractivity contribution in [2.75, 3.05) is 20.1 Å². The van der Waals surface area contributed by atoms with Crippen molar-refractivity contribution in [1.82, 2.24) is 14.7 Å². The third-order valence-electron chi connectivity index (χ3n) is 2.82. The van der Waals surface area contributed by atoms with Crippen molar-refractivity contribution < 1.29 is 4.79 Å². The Morgan fingerprint density at radius 2 is 2.13 bits per heavy atom. The lowest BCUT2D eigenvalue weighted by molar-refractivity contribution is 0.112. The van der Waals surface area contributed by atoms with Crippen LogP contribution in [0.25, 0.3) is 0 Å². The predicted molar refractivity (Wildman–Crippen MR) is 60.1 cm³/mol. The van der Waals surface area contributed by atoms with E-state index in [2.05, 4.69) is 17.0 Å². The molecule has 2 rings (SSSR count). The molecule has 0 bridgehead atoms. The topological polar surface area (TPSA) is 38.1 Å². The van der Waals surface area contributed by atoms with Crippen LogP contribution >= 0.6 is 0 Å². The van der Waals surface area contributed by atoms with Crippen molar-refractivity contribution in [3.63, 3.8) is 0 Å². The van der Waals surface area contributed by atoms with Gasteiger partial charge in [-0.25, -0.2) is 0 Å². The van der Waals surface area contributed by atoms with Gasteiger partial charge in [-0.3, -0.25) is 9.48 Å². The summed E-state index contributed by atoms with van der Waals surface area (Å²) in [5.41, 5.74) is 0.670. The summed E-state index contributed by atoms with van der Waals surface area (Å²) in [6, 6.07) is 0.472. The van der Waals surface area contributed by atoms with Crippen LogP contribution in [0.4, 0.5) is 0 Å². The highest BCUT2D eigenvalue weighted by atomic mass is 16.1. The molecule has 1 aromatic heterocycles. The lowest BCUT2D eigenvalue weighted by Gasteiger charge is -2.28. The van der Waals surface area contributed by atoms with Gasteiger partial charge in [0.2, 0.25) is 0 Å². The number of aldehydes is 1. The van der Waals surface area contributed by atoms with Crippen molar-refractivity contribution in [3.8, 4) is 0 Å². The van der Waals surface area contributed by atoms with Gasteiger partial charge in [-0.2, -0.15) is 5.10 Å². The summed E-state index contributed by atoms with van der Waals surface area (Å²) in [7, 11) is 2.14. The Morgan fingerprint density at radius 3 is 2.67 bits per heavy atom. The summed E-state index contributed by atoms with van der Waals surface area (Å²) in [6.45, 7) is 2.22. The first-order valence-electron chi connectivity index (χ1n) is 4.97. The minimum atomic E-state index is 0. The zero-order valence-electron chi connectivity index (χ0n) is 8.39. The van der Waals surface area contributed by atoms with Crippen LogP contribution in [0, 0.1) is 0 Å². The lowest BCUT2D eigenvalue weighted by Crippen LogP contribution is -2.31. The number of likely N-dealkylation sites (tertiary alicyclic amines) is 1. The van der Waals surface area contributed by atoms with E-state index in [-0.39, 0.29) is 7.43 Å². The SMILES string of the molecule is C.CN1CCC(n2cc(C=O)cn2)CC1. The highest BCUT2D eigenvalue weighted by molar-refractivity contribution is 5.73. The maximum atomic E-state index is 10.5. The molecule has 4 nitrogen and oxygen atoms in total. The lowest BCUT2D eigenvalue weighted by atomic mass is 10.1. The first kappa shape index (κ1) is 11.9. The normalized spacial score (nSPS) is 18.5. The summed E-state index contributed by atoms with van der Waals surface area (Å²) < 4.78 is 1.93. The van der Waals surface area contributed by atoms with Crippen molar-refractivity contribution in [2.24, 2.45) is 0 Å². The first-order chi connectivity index (χ1) is 6.79. The van der Waals surface area contributed by atoms with E-state index in [0.717, 1.165) is 32.2 Å². The molecule has 1 fully saturated rings. The molecule has 0 aromatic carbocycles. The number of carbonyl (C=O) groups is 1. The zero-order chi connectivity index (χ0) is 9.97. The van der Waals surface area contributed by atoms with Gasteiger partial charge in [0.15, 0.2) is 6.29 Å². The zero-order valence-corrected chi connectivity index (χ0v) is 8.39. The van der Waals surface area contributed by atoms with Gasteiger partial charge in [0, 0.05) is 6.20 Å². The van der Waals surface area contributed by atoms with Crippen LogP contribution < -0.4 is 0 Å². The Morgan fingerprint density at radius 1 is 1.47 bits per heavy atom. The van der Waals surface area contributed by atoms with Crippen LogP contribution in [0.5, 0.6) is 0 Å². The average Bonchev–Trinajstić information content (AvgIpc) is 2.67. The van der Waals surface area contributed by atoms with Gasteiger partial charge in [0.25, 0.3) is 0 Å². The van der Waals surface area contributed by atoms with E-state index in [1.165, 1.54) is 0 Å². The van der Waals surface area contributed by atoms with E-state index in [1.807, 2.05) is 10.9 Å². The smallest absolute Gasteiger partial charge is 0.153 e. The molecule has 0 N–H and O–H groups in total. The number of aromatic nitrogens is 2. The molecular weight excluding hydrogens is 190 g/mol. The van der Waals surface area contributed by atoms with Crippen molar-refractivity contribution in [2.45, 2.75) is 26.3 Å². The molecule has 84 valence electrons. The second-order valence-electron chi connectivity index (χ2n) is 3.91. The van der Waals surface area contributed by atoms with Crippen LogP contribution in [0.2, 0.25) is 0 Å². The Kier molecular flexibility index (Phi) is 4.03. The summed E-state index contributed by atoms with van der Waals surface area (Å²) in [6.07, 6.45) is 6.56. The standard InChI is InChI=1S/C10H15N3O.CH4/c1-12-4-2-10(3-5-12)13-7-9(8-14)6-11-13;/h6-8,10H,2-5H2,1H3;1H4. The molecule has 15 heavy (non-hydrogen) atoms. The fraction of sp³-hybridized carbons (Fsp3) is 0.636. The number of carbonyl (C=O) groups excluding carboxylic acids is 1. The molecular formula is C11H19N3O. The Bertz CT molecular complexity index is 313. The van der Waals surface area contributed by atoms with Crippen molar-refractivity contribution in [3.05, 3.63) is 18.0 Å². The van der Waals surface area contributed by atoms with Crippen LogP contribution in [0.1, 0.15) is 36.7 Å². The fourth-order valence-electron chi connectivity index (χ4n) is 1.87.